The number of hydrogen-bond acceptors (Lipinski definition) is 7. The molecule has 1 aromatic heterocycles. The highest BCUT2D eigenvalue weighted by Gasteiger charge is 2.38. The standard InChI is InChI=1S/C16H17F3N4O5/c1-23(8-11(26-2)27-3)14(25)13(24)20-10-6-4-9(5-7-10)12-21-15(28-22-12)16(17,18)19/h4-7,11H,8H2,1-3H3,(H,20,24). The number of hydrogen-bond donors (Lipinski definition) is 1. The molecule has 0 saturated carbocycles. The second-order valence-electron chi connectivity index (χ2n) is 5.54. The Bertz CT molecular complexity index is 818. The van der Waals surface area contributed by atoms with Crippen molar-refractivity contribution in [1.82, 2.24) is 15.0 Å². The van der Waals surface area contributed by atoms with Crippen LogP contribution >= 0.6 is 0 Å². The smallest absolute Gasteiger partial charge is 0.354 e. The molecule has 1 aromatic carbocycles. The van der Waals surface area contributed by atoms with Gasteiger partial charge in [0.15, 0.2) is 6.29 Å². The lowest BCUT2D eigenvalue weighted by atomic mass is 10.2. The van der Waals surface area contributed by atoms with Crippen LogP contribution in [0.4, 0.5) is 18.9 Å². The van der Waals surface area contributed by atoms with Crippen LogP contribution in [0.1, 0.15) is 5.89 Å². The van der Waals surface area contributed by atoms with Gasteiger partial charge in [0.25, 0.3) is 0 Å². The number of benzene rings is 1. The normalized spacial score (nSPS) is 11.5. The lowest BCUT2D eigenvalue weighted by Crippen LogP contribution is -2.42. The van der Waals surface area contributed by atoms with Gasteiger partial charge in [0.1, 0.15) is 0 Å². The quantitative estimate of drug-likeness (QED) is 0.580. The van der Waals surface area contributed by atoms with Crippen molar-refractivity contribution in [3.8, 4) is 11.4 Å². The minimum absolute atomic E-state index is 0.0392. The third-order valence-electron chi connectivity index (χ3n) is 3.56. The summed E-state index contributed by atoms with van der Waals surface area (Å²) < 4.78 is 51.6. The molecule has 9 nitrogen and oxygen atoms in total. The highest BCUT2D eigenvalue weighted by Crippen LogP contribution is 2.29. The van der Waals surface area contributed by atoms with Crippen LogP contribution in [0.5, 0.6) is 0 Å². The lowest BCUT2D eigenvalue weighted by molar-refractivity contribution is -0.159. The van der Waals surface area contributed by atoms with E-state index in [0.29, 0.717) is 0 Å². The van der Waals surface area contributed by atoms with Crippen LogP contribution in [0.2, 0.25) is 0 Å². The number of amides is 2. The van der Waals surface area contributed by atoms with E-state index < -0.39 is 30.2 Å². The summed E-state index contributed by atoms with van der Waals surface area (Å²) in [6, 6.07) is 5.52. The van der Waals surface area contributed by atoms with Gasteiger partial charge in [-0.3, -0.25) is 9.59 Å². The van der Waals surface area contributed by atoms with Crippen molar-refractivity contribution in [3.05, 3.63) is 30.2 Å². The van der Waals surface area contributed by atoms with Crippen molar-refractivity contribution in [1.29, 1.82) is 0 Å². The first-order valence-electron chi connectivity index (χ1n) is 7.79. The summed E-state index contributed by atoms with van der Waals surface area (Å²) in [7, 11) is 4.20. The molecule has 1 heterocycles. The summed E-state index contributed by atoms with van der Waals surface area (Å²) in [5, 5.41) is 5.64. The Balaban J connectivity index is 2.01. The van der Waals surface area contributed by atoms with Crippen LogP contribution in [0.15, 0.2) is 28.8 Å². The number of carbonyl (C=O) groups excluding carboxylic acids is 2. The summed E-state index contributed by atoms with van der Waals surface area (Å²) in [4.78, 5) is 28.5. The highest BCUT2D eigenvalue weighted by atomic mass is 19.4. The minimum atomic E-state index is -4.74. The molecule has 0 saturated heterocycles. The van der Waals surface area contributed by atoms with E-state index in [2.05, 4.69) is 20.0 Å². The average Bonchev–Trinajstić information content (AvgIpc) is 3.16. The molecule has 0 aliphatic rings. The molecule has 0 spiro atoms. The number of nitrogens with zero attached hydrogens (tertiary/aromatic N) is 3. The van der Waals surface area contributed by atoms with Crippen LogP contribution < -0.4 is 5.32 Å². The number of ether oxygens (including phenoxy) is 2. The number of likely N-dealkylation sites (N-methyl/N-ethyl adjacent to an activating group) is 1. The van der Waals surface area contributed by atoms with Gasteiger partial charge >= 0.3 is 23.9 Å². The molecular weight excluding hydrogens is 385 g/mol. The van der Waals surface area contributed by atoms with Crippen LogP contribution in [-0.4, -0.2) is 61.0 Å². The van der Waals surface area contributed by atoms with Gasteiger partial charge < -0.3 is 24.2 Å². The Morgan fingerprint density at radius 2 is 1.82 bits per heavy atom. The summed E-state index contributed by atoms with van der Waals surface area (Å²) in [6.07, 6.45) is -5.42. The lowest BCUT2D eigenvalue weighted by Gasteiger charge is -2.21. The van der Waals surface area contributed by atoms with Crippen LogP contribution in [0.3, 0.4) is 0 Å². The minimum Gasteiger partial charge on any atom is -0.354 e. The fraction of sp³-hybridized carbons (Fsp3) is 0.375. The molecule has 2 amide bonds. The molecule has 0 fully saturated rings. The molecular formula is C16H17F3N4O5. The van der Waals surface area contributed by atoms with Crippen LogP contribution in [0, 0.1) is 0 Å². The highest BCUT2D eigenvalue weighted by molar-refractivity contribution is 6.39. The Morgan fingerprint density at radius 3 is 2.32 bits per heavy atom. The molecule has 0 atom stereocenters. The van der Waals surface area contributed by atoms with Gasteiger partial charge in [-0.25, -0.2) is 0 Å². The molecule has 0 aliphatic heterocycles. The number of carbonyl (C=O) groups is 2. The Hall–Kier alpha value is -2.99. The Labute approximate surface area is 157 Å². The van der Waals surface area contributed by atoms with Crippen molar-refractivity contribution < 1.29 is 36.8 Å². The number of rotatable bonds is 6. The first kappa shape index (κ1) is 21.3. The van der Waals surface area contributed by atoms with Gasteiger partial charge in [0.2, 0.25) is 5.82 Å². The van der Waals surface area contributed by atoms with Crippen molar-refractivity contribution in [2.45, 2.75) is 12.5 Å². The van der Waals surface area contributed by atoms with Gasteiger partial charge in [0.05, 0.1) is 6.54 Å². The van der Waals surface area contributed by atoms with E-state index in [0.717, 1.165) is 4.90 Å². The van der Waals surface area contributed by atoms with Gasteiger partial charge in [-0.1, -0.05) is 5.16 Å². The molecule has 28 heavy (non-hydrogen) atoms. The molecule has 2 aromatic rings. The largest absolute Gasteiger partial charge is 0.471 e. The topological polar surface area (TPSA) is 107 Å². The molecule has 0 bridgehead atoms. The van der Waals surface area contributed by atoms with Crippen molar-refractivity contribution >= 4 is 17.5 Å². The van der Waals surface area contributed by atoms with E-state index in [1.54, 1.807) is 0 Å². The fourth-order valence-electron chi connectivity index (χ4n) is 2.07. The number of alkyl halides is 3. The zero-order chi connectivity index (χ0) is 20.9. The third kappa shape index (κ3) is 5.27. The van der Waals surface area contributed by atoms with E-state index in [1.807, 2.05) is 0 Å². The summed E-state index contributed by atoms with van der Waals surface area (Å²) in [5.41, 5.74) is 0.494. The number of anilines is 1. The monoisotopic (exact) mass is 402 g/mol. The number of aromatic nitrogens is 2. The van der Waals surface area contributed by atoms with Crippen molar-refractivity contribution in [3.63, 3.8) is 0 Å². The second-order valence-corrected chi connectivity index (χ2v) is 5.54. The molecule has 0 unspecified atom stereocenters. The van der Waals surface area contributed by atoms with E-state index in [4.69, 9.17) is 9.47 Å². The average molecular weight is 402 g/mol. The second kappa shape index (κ2) is 8.80. The van der Waals surface area contributed by atoms with Gasteiger partial charge in [0, 0.05) is 32.5 Å². The van der Waals surface area contributed by atoms with Gasteiger partial charge in [-0.2, -0.15) is 18.2 Å². The van der Waals surface area contributed by atoms with Crippen LogP contribution in [-0.2, 0) is 25.2 Å². The van der Waals surface area contributed by atoms with Gasteiger partial charge in [-0.05, 0) is 24.3 Å². The zero-order valence-corrected chi connectivity index (χ0v) is 15.1. The molecule has 2 rings (SSSR count). The maximum absolute atomic E-state index is 12.5. The first-order valence-corrected chi connectivity index (χ1v) is 7.79. The predicted octanol–water partition coefficient (Wildman–Crippen LogP) is 1.77. The van der Waals surface area contributed by atoms with Gasteiger partial charge in [-0.15, -0.1) is 0 Å². The van der Waals surface area contributed by atoms with E-state index in [9.17, 15) is 22.8 Å². The summed E-state index contributed by atoms with van der Waals surface area (Å²) in [5.74, 6) is -3.44. The first-order chi connectivity index (χ1) is 13.2. The van der Waals surface area contributed by atoms with E-state index >= 15 is 0 Å². The molecule has 12 heteroatoms. The summed E-state index contributed by atoms with van der Waals surface area (Å²) in [6.45, 7) is 0.0392. The predicted molar refractivity (Wildman–Crippen MR) is 88.8 cm³/mol. The SMILES string of the molecule is COC(CN(C)C(=O)C(=O)Nc1ccc(-c2noc(C(F)(F)F)n2)cc1)OC. The maximum Gasteiger partial charge on any atom is 0.471 e. The van der Waals surface area contributed by atoms with Crippen molar-refractivity contribution in [2.24, 2.45) is 0 Å². The number of nitrogens with one attached hydrogen (secondary N) is 1. The third-order valence-corrected chi connectivity index (χ3v) is 3.56. The zero-order valence-electron chi connectivity index (χ0n) is 15.1. The number of methoxy groups -OCH3 is 2. The van der Waals surface area contributed by atoms with E-state index in [1.165, 1.54) is 45.5 Å². The van der Waals surface area contributed by atoms with Crippen LogP contribution in [0.25, 0.3) is 11.4 Å². The summed E-state index contributed by atoms with van der Waals surface area (Å²) >= 11 is 0. The molecule has 0 radical (unpaired) electrons. The maximum atomic E-state index is 12.5. The molecule has 0 aliphatic carbocycles. The molecule has 152 valence electrons. The van der Waals surface area contributed by atoms with E-state index in [-0.39, 0.29) is 23.6 Å². The Morgan fingerprint density at radius 1 is 1.21 bits per heavy atom. The Kier molecular flexibility index (Phi) is 6.70. The number of halogens is 3. The molecule has 1 N–H and O–H groups in total. The van der Waals surface area contributed by atoms with Crippen molar-refractivity contribution in [2.75, 3.05) is 33.1 Å². The fourth-order valence-corrected chi connectivity index (χ4v) is 2.07.